The molecule has 0 bridgehead atoms. The van der Waals surface area contributed by atoms with Crippen molar-refractivity contribution in [2.24, 2.45) is 11.1 Å². The van der Waals surface area contributed by atoms with Crippen LogP contribution in [0.15, 0.2) is 28.0 Å². The van der Waals surface area contributed by atoms with Gasteiger partial charge in [0, 0.05) is 13.1 Å². The second-order valence-corrected chi connectivity index (χ2v) is 8.39. The molecule has 0 unspecified atom stereocenters. The fourth-order valence-corrected chi connectivity index (χ4v) is 5.35. The van der Waals surface area contributed by atoms with Gasteiger partial charge >= 0.3 is 0 Å². The fourth-order valence-electron chi connectivity index (χ4n) is 2.18. The molecule has 1 aliphatic heterocycles. The van der Waals surface area contributed by atoms with E-state index in [0.29, 0.717) is 12.1 Å². The molecule has 2 rings (SSSR count). The van der Waals surface area contributed by atoms with Crippen molar-refractivity contribution in [3.8, 4) is 0 Å². The van der Waals surface area contributed by atoms with Crippen molar-refractivity contribution >= 4 is 20.0 Å². The minimum atomic E-state index is -4.06. The number of fused-ring (bicyclic) bond motifs is 1. The van der Waals surface area contributed by atoms with Crippen LogP contribution in [0, 0.1) is 5.92 Å². The molecule has 0 radical (unpaired) electrons. The van der Waals surface area contributed by atoms with E-state index in [0.717, 1.165) is 0 Å². The van der Waals surface area contributed by atoms with E-state index < -0.39 is 20.0 Å². The quantitative estimate of drug-likeness (QED) is 0.879. The molecule has 2 N–H and O–H groups in total. The summed E-state index contributed by atoms with van der Waals surface area (Å²) in [6.07, 6.45) is 0. The normalized spacial score (nSPS) is 18.7. The zero-order chi connectivity index (χ0) is 14.4. The minimum Gasteiger partial charge on any atom is -0.225 e. The first-order valence-electron chi connectivity index (χ1n) is 5.79. The highest BCUT2D eigenvalue weighted by atomic mass is 32.2. The van der Waals surface area contributed by atoms with Gasteiger partial charge in [0.2, 0.25) is 20.0 Å². The zero-order valence-electron chi connectivity index (χ0n) is 10.7. The maximum atomic E-state index is 12.4. The van der Waals surface area contributed by atoms with E-state index in [1.165, 1.54) is 16.4 Å². The number of rotatable bonds is 3. The number of nitrogens with zero attached hydrogens (tertiary/aromatic N) is 1. The third-order valence-corrected chi connectivity index (χ3v) is 5.92. The summed E-state index contributed by atoms with van der Waals surface area (Å²) in [4.78, 5) is -0.491. The van der Waals surface area contributed by atoms with Gasteiger partial charge in [0.25, 0.3) is 0 Å². The zero-order valence-corrected chi connectivity index (χ0v) is 12.3. The summed E-state index contributed by atoms with van der Waals surface area (Å²) in [6, 6.07) is 4.35. The minimum absolute atomic E-state index is 0.155. The van der Waals surface area contributed by atoms with E-state index in [9.17, 15) is 16.8 Å². The Morgan fingerprint density at radius 2 is 2.00 bits per heavy atom. The number of benzene rings is 1. The van der Waals surface area contributed by atoms with E-state index >= 15 is 0 Å². The molecule has 0 amide bonds. The number of hydrogen-bond donors (Lipinski definition) is 1. The molecule has 6 nitrogen and oxygen atoms in total. The third kappa shape index (κ3) is 2.53. The molecule has 106 valence electrons. The van der Waals surface area contributed by atoms with E-state index in [4.69, 9.17) is 5.14 Å². The smallest absolute Gasteiger partial charge is 0.225 e. The molecule has 0 aromatic heterocycles. The lowest BCUT2D eigenvalue weighted by Gasteiger charge is -2.16. The van der Waals surface area contributed by atoms with Crippen molar-refractivity contribution in [3.05, 3.63) is 23.8 Å². The van der Waals surface area contributed by atoms with E-state index in [1.807, 2.05) is 13.8 Å². The fraction of sp³-hybridized carbons (Fsp3) is 0.455. The molecule has 8 heteroatoms. The standard InChI is InChI=1S/C11H16N2O4S2/c1-8(2)6-13-7-9-4-3-5-10(18(12,14)15)11(9)19(13,16)17/h3-5,8H,6-7H2,1-2H3,(H2,12,14,15). The first kappa shape index (κ1) is 14.4. The number of sulfonamides is 2. The molecule has 0 saturated heterocycles. The SMILES string of the molecule is CC(C)CN1Cc2cccc(S(N)(=O)=O)c2S1(=O)=O. The monoisotopic (exact) mass is 304 g/mol. The van der Waals surface area contributed by atoms with Gasteiger partial charge in [0.05, 0.1) is 0 Å². The first-order valence-corrected chi connectivity index (χ1v) is 8.77. The molecule has 1 aromatic carbocycles. The lowest BCUT2D eigenvalue weighted by atomic mass is 10.2. The highest BCUT2D eigenvalue weighted by Crippen LogP contribution is 2.35. The summed E-state index contributed by atoms with van der Waals surface area (Å²) < 4.78 is 49.1. The number of hydrogen-bond acceptors (Lipinski definition) is 4. The van der Waals surface area contributed by atoms with Gasteiger partial charge in [0.1, 0.15) is 9.79 Å². The summed E-state index contributed by atoms with van der Waals surface area (Å²) in [5.41, 5.74) is 0.479. The molecule has 1 aromatic rings. The van der Waals surface area contributed by atoms with Gasteiger partial charge in [-0.25, -0.2) is 22.0 Å². The summed E-state index contributed by atoms with van der Waals surface area (Å²) in [7, 11) is -7.84. The third-order valence-electron chi connectivity index (χ3n) is 2.88. The van der Waals surface area contributed by atoms with Crippen molar-refractivity contribution in [2.45, 2.75) is 30.2 Å². The van der Waals surface area contributed by atoms with E-state index in [1.54, 1.807) is 6.07 Å². The van der Waals surface area contributed by atoms with Crippen LogP contribution in [0.5, 0.6) is 0 Å². The molecular formula is C11H16N2O4S2. The molecule has 1 heterocycles. The van der Waals surface area contributed by atoms with Crippen molar-refractivity contribution in [3.63, 3.8) is 0 Å². The Morgan fingerprint density at radius 3 is 2.53 bits per heavy atom. The van der Waals surface area contributed by atoms with Crippen molar-refractivity contribution in [2.75, 3.05) is 6.54 Å². The molecular weight excluding hydrogens is 288 g/mol. The summed E-state index contributed by atoms with van der Waals surface area (Å²) in [5, 5.41) is 5.09. The van der Waals surface area contributed by atoms with Crippen LogP contribution >= 0.6 is 0 Å². The largest absolute Gasteiger partial charge is 0.245 e. The van der Waals surface area contributed by atoms with Crippen molar-refractivity contribution < 1.29 is 16.8 Å². The molecule has 19 heavy (non-hydrogen) atoms. The summed E-state index contributed by atoms with van der Waals surface area (Å²) >= 11 is 0. The van der Waals surface area contributed by atoms with Gasteiger partial charge in [-0.2, -0.15) is 4.31 Å². The van der Waals surface area contributed by atoms with Gasteiger partial charge in [0.15, 0.2) is 0 Å². The van der Waals surface area contributed by atoms with Crippen LogP contribution < -0.4 is 5.14 Å². The predicted octanol–water partition coefficient (Wildman–Crippen LogP) is 0.494. The predicted molar refractivity (Wildman–Crippen MR) is 70.2 cm³/mol. The Hall–Kier alpha value is -0.960. The lowest BCUT2D eigenvalue weighted by molar-refractivity contribution is 0.376. The van der Waals surface area contributed by atoms with Crippen LogP contribution in [-0.4, -0.2) is 27.7 Å². The molecule has 0 atom stereocenters. The van der Waals surface area contributed by atoms with Crippen LogP contribution in [0.3, 0.4) is 0 Å². The van der Waals surface area contributed by atoms with Crippen LogP contribution in [0.1, 0.15) is 19.4 Å². The van der Waals surface area contributed by atoms with Gasteiger partial charge < -0.3 is 0 Å². The molecule has 1 aliphatic rings. The first-order chi connectivity index (χ1) is 8.64. The van der Waals surface area contributed by atoms with Crippen LogP contribution in [0.25, 0.3) is 0 Å². The van der Waals surface area contributed by atoms with Gasteiger partial charge in [-0.15, -0.1) is 0 Å². The Labute approximate surface area is 113 Å². The number of primary sulfonamides is 1. The van der Waals surface area contributed by atoms with Crippen LogP contribution in [0.4, 0.5) is 0 Å². The number of nitrogens with two attached hydrogens (primary N) is 1. The van der Waals surface area contributed by atoms with Crippen molar-refractivity contribution in [1.29, 1.82) is 0 Å². The Balaban J connectivity index is 2.63. The highest BCUT2D eigenvalue weighted by Gasteiger charge is 2.39. The average molecular weight is 304 g/mol. The second kappa shape index (κ2) is 4.55. The summed E-state index contributed by atoms with van der Waals surface area (Å²) in [6.45, 7) is 4.35. The highest BCUT2D eigenvalue weighted by molar-refractivity contribution is 7.92. The van der Waals surface area contributed by atoms with Crippen LogP contribution in [0.2, 0.25) is 0 Å². The maximum absolute atomic E-state index is 12.4. The Kier molecular flexibility index (Phi) is 3.46. The van der Waals surface area contributed by atoms with Gasteiger partial charge in [-0.1, -0.05) is 26.0 Å². The van der Waals surface area contributed by atoms with Gasteiger partial charge in [-0.05, 0) is 17.5 Å². The Bertz CT molecular complexity index is 708. The lowest BCUT2D eigenvalue weighted by Crippen LogP contribution is -2.29. The average Bonchev–Trinajstić information content (AvgIpc) is 2.49. The molecule has 0 spiro atoms. The molecule has 0 fully saturated rings. The molecule has 0 aliphatic carbocycles. The van der Waals surface area contributed by atoms with Crippen LogP contribution in [-0.2, 0) is 26.6 Å². The second-order valence-electron chi connectivity index (χ2n) is 4.98. The molecule has 0 saturated carbocycles. The maximum Gasteiger partial charge on any atom is 0.245 e. The van der Waals surface area contributed by atoms with E-state index in [2.05, 4.69) is 0 Å². The van der Waals surface area contributed by atoms with E-state index in [-0.39, 0.29) is 22.3 Å². The topological polar surface area (TPSA) is 97.5 Å². The summed E-state index contributed by atoms with van der Waals surface area (Å²) in [5.74, 6) is 0.155. The van der Waals surface area contributed by atoms with Gasteiger partial charge in [-0.3, -0.25) is 0 Å². The van der Waals surface area contributed by atoms with Crippen molar-refractivity contribution in [1.82, 2.24) is 4.31 Å². The Morgan fingerprint density at radius 1 is 1.37 bits per heavy atom.